The average Bonchev–Trinajstić information content (AvgIpc) is 2.83. The quantitative estimate of drug-likeness (QED) is 0.808. The van der Waals surface area contributed by atoms with Crippen LogP contribution in [0.3, 0.4) is 0 Å². The molecule has 0 aliphatic carbocycles. The van der Waals surface area contributed by atoms with Crippen molar-refractivity contribution >= 4 is 17.5 Å². The highest BCUT2D eigenvalue weighted by molar-refractivity contribution is 5.96. The zero-order chi connectivity index (χ0) is 18.4. The van der Waals surface area contributed by atoms with Crippen LogP contribution in [0.4, 0.5) is 5.69 Å². The van der Waals surface area contributed by atoms with Crippen molar-refractivity contribution in [3.05, 3.63) is 48.2 Å². The molecule has 2 amide bonds. The molecule has 3 rings (SSSR count). The number of carbonyl (C=O) groups excluding carboxylic acids is 2. The lowest BCUT2D eigenvalue weighted by atomic mass is 10.1. The van der Waals surface area contributed by atoms with Crippen LogP contribution in [0.2, 0.25) is 0 Å². The molecule has 0 bridgehead atoms. The minimum Gasteiger partial charge on any atom is -0.437 e. The Hall–Kier alpha value is -2.89. The maximum Gasteiger partial charge on any atom is 0.243 e. The van der Waals surface area contributed by atoms with Gasteiger partial charge in [0, 0.05) is 31.1 Å². The molecule has 2 aromatic rings. The van der Waals surface area contributed by atoms with Gasteiger partial charge in [-0.15, -0.1) is 0 Å². The third-order valence-electron chi connectivity index (χ3n) is 4.27. The molecule has 0 saturated carbocycles. The average molecular weight is 353 g/mol. The lowest BCUT2D eigenvalue weighted by Gasteiger charge is -2.21. The van der Waals surface area contributed by atoms with Gasteiger partial charge in [-0.2, -0.15) is 0 Å². The van der Waals surface area contributed by atoms with E-state index in [4.69, 9.17) is 4.74 Å². The second-order valence-electron chi connectivity index (χ2n) is 6.22. The monoisotopic (exact) mass is 353 g/mol. The van der Waals surface area contributed by atoms with Gasteiger partial charge in [0.1, 0.15) is 11.4 Å². The second-order valence-corrected chi connectivity index (χ2v) is 6.22. The third-order valence-corrected chi connectivity index (χ3v) is 4.27. The summed E-state index contributed by atoms with van der Waals surface area (Å²) in [7, 11) is 0. The number of benzene rings is 1. The summed E-state index contributed by atoms with van der Waals surface area (Å²) in [6, 6.07) is 11.2. The first kappa shape index (κ1) is 17.9. The number of fused-ring (bicyclic) bond motifs is 2. The fraction of sp³-hybridized carbons (Fsp3) is 0.350. The molecule has 2 heterocycles. The summed E-state index contributed by atoms with van der Waals surface area (Å²) in [5.74, 6) is 0.883. The van der Waals surface area contributed by atoms with Gasteiger partial charge in [0.15, 0.2) is 0 Å². The summed E-state index contributed by atoms with van der Waals surface area (Å²) in [4.78, 5) is 30.6. The smallest absolute Gasteiger partial charge is 0.243 e. The number of unbranched alkanes of at least 4 members (excludes halogenated alkanes) is 1. The molecule has 26 heavy (non-hydrogen) atoms. The van der Waals surface area contributed by atoms with E-state index in [1.165, 1.54) is 0 Å². The number of para-hydroxylation sites is 1. The molecule has 1 aliphatic heterocycles. The van der Waals surface area contributed by atoms with Crippen LogP contribution in [-0.4, -0.2) is 23.3 Å². The van der Waals surface area contributed by atoms with Crippen LogP contribution in [0.15, 0.2) is 42.6 Å². The fourth-order valence-corrected chi connectivity index (χ4v) is 2.83. The van der Waals surface area contributed by atoms with Gasteiger partial charge in [-0.25, -0.2) is 4.98 Å². The van der Waals surface area contributed by atoms with Crippen molar-refractivity contribution in [1.82, 2.24) is 10.3 Å². The first-order valence-electron chi connectivity index (χ1n) is 8.97. The number of nitrogens with zero attached hydrogens (tertiary/aromatic N) is 2. The van der Waals surface area contributed by atoms with Gasteiger partial charge in [0.25, 0.3) is 0 Å². The van der Waals surface area contributed by atoms with Crippen LogP contribution in [0.1, 0.15) is 38.2 Å². The van der Waals surface area contributed by atoms with Crippen molar-refractivity contribution < 1.29 is 14.3 Å². The molecule has 0 unspecified atom stereocenters. The first-order chi connectivity index (χ1) is 12.7. The van der Waals surface area contributed by atoms with Gasteiger partial charge in [0.2, 0.25) is 17.7 Å². The lowest BCUT2D eigenvalue weighted by molar-refractivity contribution is -0.125. The first-order valence-corrected chi connectivity index (χ1v) is 8.97. The molecule has 0 radical (unpaired) electrons. The highest BCUT2D eigenvalue weighted by Gasteiger charge is 2.26. The van der Waals surface area contributed by atoms with Gasteiger partial charge in [-0.05, 0) is 24.6 Å². The maximum absolute atomic E-state index is 12.8. The molecular formula is C20H23N3O3. The Morgan fingerprint density at radius 2 is 2.04 bits per heavy atom. The van der Waals surface area contributed by atoms with Crippen molar-refractivity contribution in [2.75, 3.05) is 11.4 Å². The molecule has 1 N–H and O–H groups in total. The standard InChI is InChI=1S/C20H23N3O3/c1-2-3-12-21-18(24)10-11-19(25)23-14-15-7-4-5-9-17(15)26-20-16(23)8-6-13-22-20/h4-9,13H,2-3,10-12,14H2,1H3,(H,21,24). The third kappa shape index (κ3) is 4.20. The zero-order valence-corrected chi connectivity index (χ0v) is 14.9. The van der Waals surface area contributed by atoms with Crippen LogP contribution < -0.4 is 15.0 Å². The van der Waals surface area contributed by atoms with E-state index in [0.717, 1.165) is 18.4 Å². The predicted molar refractivity (Wildman–Crippen MR) is 99.1 cm³/mol. The van der Waals surface area contributed by atoms with Gasteiger partial charge in [-0.1, -0.05) is 31.5 Å². The molecular weight excluding hydrogens is 330 g/mol. The Labute approximate surface area is 153 Å². The summed E-state index contributed by atoms with van der Waals surface area (Å²) in [5.41, 5.74) is 1.53. The number of amides is 2. The normalized spacial score (nSPS) is 12.4. The summed E-state index contributed by atoms with van der Waals surface area (Å²) in [6.07, 6.45) is 3.93. The van der Waals surface area contributed by atoms with Crippen molar-refractivity contribution in [3.63, 3.8) is 0 Å². The number of anilines is 1. The van der Waals surface area contributed by atoms with Gasteiger partial charge >= 0.3 is 0 Å². The Kier molecular flexibility index (Phi) is 5.84. The molecule has 0 saturated heterocycles. The summed E-state index contributed by atoms with van der Waals surface area (Å²) < 4.78 is 5.89. The molecule has 1 aliphatic rings. The van der Waals surface area contributed by atoms with E-state index in [-0.39, 0.29) is 24.7 Å². The van der Waals surface area contributed by atoms with Crippen molar-refractivity contribution in [1.29, 1.82) is 0 Å². The Balaban J connectivity index is 1.73. The van der Waals surface area contributed by atoms with E-state index >= 15 is 0 Å². The molecule has 1 aromatic carbocycles. The van der Waals surface area contributed by atoms with E-state index in [1.54, 1.807) is 17.2 Å². The van der Waals surface area contributed by atoms with Gasteiger partial charge in [-0.3, -0.25) is 9.59 Å². The number of ether oxygens (including phenoxy) is 1. The van der Waals surface area contributed by atoms with Crippen LogP contribution >= 0.6 is 0 Å². The maximum atomic E-state index is 12.8. The topological polar surface area (TPSA) is 71.5 Å². The number of rotatable bonds is 6. The highest BCUT2D eigenvalue weighted by Crippen LogP contribution is 2.37. The van der Waals surface area contributed by atoms with Gasteiger partial charge in [0.05, 0.1) is 6.54 Å². The summed E-state index contributed by atoms with van der Waals surface area (Å²) in [5, 5.41) is 2.84. The second kappa shape index (κ2) is 8.47. The Morgan fingerprint density at radius 1 is 1.19 bits per heavy atom. The molecule has 0 atom stereocenters. The minimum atomic E-state index is -0.120. The van der Waals surface area contributed by atoms with E-state index in [1.807, 2.05) is 30.3 Å². The van der Waals surface area contributed by atoms with Gasteiger partial charge < -0.3 is 15.0 Å². The Morgan fingerprint density at radius 3 is 2.88 bits per heavy atom. The largest absolute Gasteiger partial charge is 0.437 e. The SMILES string of the molecule is CCCCNC(=O)CCC(=O)N1Cc2ccccc2Oc2ncccc21. The van der Waals surface area contributed by atoms with E-state index in [9.17, 15) is 9.59 Å². The van der Waals surface area contributed by atoms with Crippen molar-refractivity contribution in [3.8, 4) is 11.6 Å². The van der Waals surface area contributed by atoms with Crippen LogP contribution in [-0.2, 0) is 16.1 Å². The zero-order valence-electron chi connectivity index (χ0n) is 14.9. The predicted octanol–water partition coefficient (Wildman–Crippen LogP) is 3.42. The number of aromatic nitrogens is 1. The summed E-state index contributed by atoms with van der Waals surface area (Å²) in [6.45, 7) is 3.12. The number of pyridine rings is 1. The van der Waals surface area contributed by atoms with E-state index in [2.05, 4.69) is 17.2 Å². The number of hydrogen-bond acceptors (Lipinski definition) is 4. The van der Waals surface area contributed by atoms with Crippen LogP contribution in [0.5, 0.6) is 11.6 Å². The fourth-order valence-electron chi connectivity index (χ4n) is 2.83. The van der Waals surface area contributed by atoms with Crippen LogP contribution in [0, 0.1) is 0 Å². The molecule has 1 aromatic heterocycles. The van der Waals surface area contributed by atoms with Crippen LogP contribution in [0.25, 0.3) is 0 Å². The lowest BCUT2D eigenvalue weighted by Crippen LogP contribution is -2.32. The van der Waals surface area contributed by atoms with E-state index < -0.39 is 0 Å². The highest BCUT2D eigenvalue weighted by atomic mass is 16.5. The van der Waals surface area contributed by atoms with Crippen molar-refractivity contribution in [2.24, 2.45) is 0 Å². The Bertz CT molecular complexity index is 791. The number of carbonyl (C=O) groups is 2. The van der Waals surface area contributed by atoms with E-state index in [0.29, 0.717) is 30.4 Å². The molecule has 6 nitrogen and oxygen atoms in total. The molecule has 136 valence electrons. The summed E-state index contributed by atoms with van der Waals surface area (Å²) >= 11 is 0. The molecule has 0 spiro atoms. The van der Waals surface area contributed by atoms with Crippen molar-refractivity contribution in [2.45, 2.75) is 39.2 Å². The molecule has 0 fully saturated rings. The molecule has 6 heteroatoms. The number of nitrogens with one attached hydrogen (secondary N) is 1. The minimum absolute atomic E-state index is 0.0929. The number of hydrogen-bond donors (Lipinski definition) is 1.